The van der Waals surface area contributed by atoms with Crippen molar-refractivity contribution in [3.05, 3.63) is 71.7 Å². The number of hydrogen-bond acceptors (Lipinski definition) is 9. The Balaban J connectivity index is 1.24. The summed E-state index contributed by atoms with van der Waals surface area (Å²) in [6.07, 6.45) is 4.30. The van der Waals surface area contributed by atoms with Gasteiger partial charge in [-0.05, 0) is 79.9 Å². The minimum absolute atomic E-state index is 0.638. The monoisotopic (exact) mass is 487 g/mol. The van der Waals surface area contributed by atoms with E-state index >= 15 is 0 Å². The van der Waals surface area contributed by atoms with E-state index in [1.807, 2.05) is 47.0 Å². The van der Waals surface area contributed by atoms with Crippen LogP contribution in [0.2, 0.25) is 0 Å². The largest absolute Gasteiger partial charge is 0.363 e. The van der Waals surface area contributed by atoms with Gasteiger partial charge in [-0.15, -0.1) is 32.9 Å². The number of thiophene rings is 1. The summed E-state index contributed by atoms with van der Waals surface area (Å²) in [6.45, 7) is 4.40. The minimum atomic E-state index is 0.638. The van der Waals surface area contributed by atoms with E-state index in [1.165, 1.54) is 47.3 Å². The molecule has 1 saturated heterocycles. The summed E-state index contributed by atoms with van der Waals surface area (Å²) in [5, 5.41) is 22.3. The Morgan fingerprint density at radius 3 is 2.29 bits per heavy atom. The predicted octanol–water partition coefficient (Wildman–Crippen LogP) is 8.71. The Labute approximate surface area is 207 Å². The maximum absolute atomic E-state index is 4.46. The number of rotatable bonds is 7. The van der Waals surface area contributed by atoms with Gasteiger partial charge in [0.1, 0.15) is 0 Å². The third-order valence-corrected chi connectivity index (χ3v) is 7.57. The number of azo groups is 2. The molecular weight excluding hydrogens is 462 g/mol. The van der Waals surface area contributed by atoms with Gasteiger partial charge in [0.25, 0.3) is 0 Å². The first-order chi connectivity index (χ1) is 16.7. The van der Waals surface area contributed by atoms with E-state index in [1.54, 1.807) is 6.20 Å². The molecule has 9 heteroatoms. The molecule has 2 aromatic heterocycles. The van der Waals surface area contributed by atoms with Crippen molar-refractivity contribution in [3.8, 4) is 0 Å². The molecule has 0 saturated carbocycles. The molecule has 5 rings (SSSR count). The van der Waals surface area contributed by atoms with Crippen LogP contribution in [0.4, 0.5) is 37.9 Å². The van der Waals surface area contributed by atoms with Crippen LogP contribution in [0.1, 0.15) is 18.4 Å². The minimum Gasteiger partial charge on any atom is -0.363 e. The van der Waals surface area contributed by atoms with Crippen molar-refractivity contribution < 1.29 is 0 Å². The van der Waals surface area contributed by atoms with Crippen LogP contribution in [0.5, 0.6) is 0 Å². The molecule has 1 aliphatic heterocycles. The Morgan fingerprint density at radius 2 is 1.62 bits per heavy atom. The number of anilines is 3. The highest BCUT2D eigenvalue weighted by atomic mass is 32.1. The van der Waals surface area contributed by atoms with Crippen LogP contribution in [-0.2, 0) is 0 Å². The normalized spacial score (nSPS) is 14.0. The van der Waals surface area contributed by atoms with Crippen molar-refractivity contribution in [1.29, 1.82) is 0 Å². The van der Waals surface area contributed by atoms with Gasteiger partial charge in [-0.25, -0.2) is 4.98 Å². The third kappa shape index (κ3) is 5.21. The first kappa shape index (κ1) is 22.4. The van der Waals surface area contributed by atoms with Crippen molar-refractivity contribution in [2.45, 2.75) is 19.8 Å². The summed E-state index contributed by atoms with van der Waals surface area (Å²) in [4.78, 5) is 8.80. The SMILES string of the molecule is Cc1cc(N(C)c2ccc(N3CCCC3)s2)ccc1N=Nc1ccc(N=Nc2nccs2)cc1. The zero-order chi connectivity index (χ0) is 23.3. The zero-order valence-electron chi connectivity index (χ0n) is 19.1. The first-order valence-corrected chi connectivity index (χ1v) is 12.9. The van der Waals surface area contributed by atoms with Gasteiger partial charge in [0, 0.05) is 37.4 Å². The highest BCUT2D eigenvalue weighted by Gasteiger charge is 2.16. The van der Waals surface area contributed by atoms with Crippen molar-refractivity contribution in [2.24, 2.45) is 20.5 Å². The summed E-state index contributed by atoms with van der Waals surface area (Å²) in [5.74, 6) is 0. The molecule has 7 nitrogen and oxygen atoms in total. The van der Waals surface area contributed by atoms with Crippen LogP contribution in [0.3, 0.4) is 0 Å². The number of benzene rings is 2. The van der Waals surface area contributed by atoms with Crippen LogP contribution < -0.4 is 9.80 Å². The molecule has 172 valence electrons. The fourth-order valence-electron chi connectivity index (χ4n) is 3.76. The van der Waals surface area contributed by atoms with Crippen LogP contribution in [0.25, 0.3) is 0 Å². The molecule has 0 aliphatic carbocycles. The van der Waals surface area contributed by atoms with Crippen molar-refractivity contribution in [1.82, 2.24) is 4.98 Å². The molecular formula is C25H25N7S2. The van der Waals surface area contributed by atoms with Gasteiger partial charge < -0.3 is 9.80 Å². The molecule has 3 heterocycles. The summed E-state index contributed by atoms with van der Waals surface area (Å²) in [7, 11) is 2.11. The van der Waals surface area contributed by atoms with Crippen molar-refractivity contribution in [2.75, 3.05) is 29.9 Å². The van der Waals surface area contributed by atoms with Gasteiger partial charge in [-0.3, -0.25) is 0 Å². The van der Waals surface area contributed by atoms with Gasteiger partial charge in [0.15, 0.2) is 0 Å². The molecule has 0 amide bonds. The molecule has 4 aromatic rings. The van der Waals surface area contributed by atoms with E-state index in [2.05, 4.69) is 73.5 Å². The van der Waals surface area contributed by atoms with E-state index in [-0.39, 0.29) is 0 Å². The maximum Gasteiger partial charge on any atom is 0.229 e. The average Bonchev–Trinajstić information content (AvgIpc) is 3.64. The smallest absolute Gasteiger partial charge is 0.229 e. The van der Waals surface area contributed by atoms with E-state index < -0.39 is 0 Å². The second-order valence-electron chi connectivity index (χ2n) is 8.07. The Morgan fingerprint density at radius 1 is 0.882 bits per heavy atom. The van der Waals surface area contributed by atoms with Crippen LogP contribution in [0.15, 0.2) is 86.6 Å². The van der Waals surface area contributed by atoms with Crippen molar-refractivity contribution >= 4 is 60.6 Å². The van der Waals surface area contributed by atoms with Gasteiger partial charge in [0.05, 0.1) is 27.1 Å². The van der Waals surface area contributed by atoms with Gasteiger partial charge >= 0.3 is 0 Å². The zero-order valence-corrected chi connectivity index (χ0v) is 20.8. The highest BCUT2D eigenvalue weighted by Crippen LogP contribution is 2.38. The molecule has 0 spiro atoms. The number of aryl methyl sites for hydroxylation is 1. The topological polar surface area (TPSA) is 68.8 Å². The molecule has 0 radical (unpaired) electrons. The van der Waals surface area contributed by atoms with Gasteiger partial charge in [0.2, 0.25) is 5.13 Å². The lowest BCUT2D eigenvalue weighted by molar-refractivity contribution is 0.949. The molecule has 0 bridgehead atoms. The summed E-state index contributed by atoms with van der Waals surface area (Å²) < 4.78 is 0. The predicted molar refractivity (Wildman–Crippen MR) is 142 cm³/mol. The standard InChI is InChI=1S/C25H25N7S2/c1-18-17-21(31(2)23-11-12-24(34-23)32-14-3-4-15-32)9-10-22(18)29-27-19-5-7-20(8-6-19)28-30-25-26-13-16-33-25/h5-13,16-17H,3-4,14-15H2,1-2H3. The molecule has 2 aromatic carbocycles. The quantitative estimate of drug-likeness (QED) is 0.245. The van der Waals surface area contributed by atoms with Crippen LogP contribution >= 0.6 is 22.7 Å². The molecule has 1 fully saturated rings. The Hall–Kier alpha value is -3.43. The average molecular weight is 488 g/mol. The molecule has 0 unspecified atom stereocenters. The molecule has 0 N–H and O–H groups in total. The van der Waals surface area contributed by atoms with Gasteiger partial charge in [-0.1, -0.05) is 0 Å². The third-order valence-electron chi connectivity index (χ3n) is 5.69. The number of thiazole rings is 1. The van der Waals surface area contributed by atoms with Crippen LogP contribution in [-0.4, -0.2) is 25.1 Å². The second-order valence-corrected chi connectivity index (χ2v) is 9.98. The molecule has 0 atom stereocenters. The number of hydrogen-bond donors (Lipinski definition) is 0. The lowest BCUT2D eigenvalue weighted by atomic mass is 10.2. The Kier molecular flexibility index (Phi) is 6.73. The van der Waals surface area contributed by atoms with Gasteiger partial charge in [-0.2, -0.15) is 10.2 Å². The second kappa shape index (κ2) is 10.2. The highest BCUT2D eigenvalue weighted by molar-refractivity contribution is 7.20. The van der Waals surface area contributed by atoms with Crippen molar-refractivity contribution in [3.63, 3.8) is 0 Å². The lowest BCUT2D eigenvalue weighted by Gasteiger charge is -2.19. The Bertz CT molecular complexity index is 1290. The van der Waals surface area contributed by atoms with E-state index in [4.69, 9.17) is 0 Å². The maximum atomic E-state index is 4.46. The lowest BCUT2D eigenvalue weighted by Crippen LogP contribution is -2.15. The van der Waals surface area contributed by atoms with E-state index in [0.29, 0.717) is 5.13 Å². The fraction of sp³-hybridized carbons (Fsp3) is 0.240. The van der Waals surface area contributed by atoms with Crippen LogP contribution in [0, 0.1) is 6.92 Å². The number of aromatic nitrogens is 1. The molecule has 34 heavy (non-hydrogen) atoms. The first-order valence-electron chi connectivity index (χ1n) is 11.2. The summed E-state index contributed by atoms with van der Waals surface area (Å²) >= 11 is 3.30. The summed E-state index contributed by atoms with van der Waals surface area (Å²) in [6, 6.07) is 18.2. The van der Waals surface area contributed by atoms with E-state index in [0.717, 1.165) is 28.3 Å². The number of nitrogens with zero attached hydrogens (tertiary/aromatic N) is 7. The fourth-order valence-corrected chi connectivity index (χ4v) is 5.25. The van der Waals surface area contributed by atoms with E-state index in [9.17, 15) is 0 Å². The summed E-state index contributed by atoms with van der Waals surface area (Å²) in [5.41, 5.74) is 4.59. The molecule has 1 aliphatic rings.